The number of nitrogens with zero attached hydrogens (tertiary/aromatic N) is 2. The zero-order chi connectivity index (χ0) is 16.8. The Labute approximate surface area is 144 Å². The number of nitrogens with one attached hydrogen (secondary N) is 1. The lowest BCUT2D eigenvalue weighted by atomic mass is 10.1. The average molecular weight is 323 g/mol. The molecule has 0 amide bonds. The van der Waals surface area contributed by atoms with E-state index in [1.807, 2.05) is 14.0 Å². The van der Waals surface area contributed by atoms with Crippen LogP contribution in [0.25, 0.3) is 0 Å². The number of para-hydroxylation sites is 1. The predicted molar refractivity (Wildman–Crippen MR) is 99.5 cm³/mol. The van der Waals surface area contributed by atoms with Crippen molar-refractivity contribution in [2.24, 2.45) is 4.99 Å². The van der Waals surface area contributed by atoms with E-state index in [4.69, 9.17) is 4.74 Å². The maximum absolute atomic E-state index is 5.57. The summed E-state index contributed by atoms with van der Waals surface area (Å²) in [6.07, 6.45) is 1.07. The third kappa shape index (κ3) is 3.60. The Balaban J connectivity index is 1.70. The van der Waals surface area contributed by atoms with Crippen LogP contribution in [0, 0.1) is 0 Å². The maximum Gasteiger partial charge on any atom is 0.198 e. The summed E-state index contributed by atoms with van der Waals surface area (Å²) in [4.78, 5) is 6.74. The summed E-state index contributed by atoms with van der Waals surface area (Å²) in [5.41, 5.74) is 5.12. The summed E-state index contributed by atoms with van der Waals surface area (Å²) in [6, 6.07) is 16.9. The summed E-state index contributed by atoms with van der Waals surface area (Å²) >= 11 is 0. The van der Waals surface area contributed by atoms with Crippen molar-refractivity contribution in [2.75, 3.05) is 25.1 Å². The van der Waals surface area contributed by atoms with E-state index in [0.717, 1.165) is 32.1 Å². The number of fused-ring (bicyclic) bond motifs is 1. The van der Waals surface area contributed by atoms with Crippen LogP contribution in [0.4, 0.5) is 5.69 Å². The predicted octanol–water partition coefficient (Wildman–Crippen LogP) is 3.36. The molecule has 2 aromatic carbocycles. The van der Waals surface area contributed by atoms with E-state index < -0.39 is 0 Å². The van der Waals surface area contributed by atoms with Crippen LogP contribution in [-0.2, 0) is 24.3 Å². The van der Waals surface area contributed by atoms with E-state index in [1.165, 1.54) is 22.4 Å². The Hall–Kier alpha value is -2.33. The van der Waals surface area contributed by atoms with Gasteiger partial charge in [0.1, 0.15) is 0 Å². The third-order valence-electron chi connectivity index (χ3n) is 4.37. The monoisotopic (exact) mass is 323 g/mol. The van der Waals surface area contributed by atoms with Gasteiger partial charge < -0.3 is 15.0 Å². The zero-order valence-electron chi connectivity index (χ0n) is 14.5. The van der Waals surface area contributed by atoms with Gasteiger partial charge >= 0.3 is 0 Å². The van der Waals surface area contributed by atoms with Gasteiger partial charge in [-0.25, -0.2) is 0 Å². The highest BCUT2D eigenvalue weighted by Crippen LogP contribution is 2.27. The number of benzene rings is 2. The lowest BCUT2D eigenvalue weighted by molar-refractivity contribution is 0.133. The van der Waals surface area contributed by atoms with Gasteiger partial charge in [-0.3, -0.25) is 4.99 Å². The molecule has 1 aliphatic heterocycles. The van der Waals surface area contributed by atoms with Gasteiger partial charge in [0.15, 0.2) is 5.96 Å². The minimum Gasteiger partial charge on any atom is -0.377 e. The van der Waals surface area contributed by atoms with Crippen molar-refractivity contribution in [3.63, 3.8) is 0 Å². The Morgan fingerprint density at radius 3 is 2.67 bits per heavy atom. The molecule has 0 fully saturated rings. The molecular formula is C20H25N3O. The molecule has 0 bridgehead atoms. The molecule has 4 nitrogen and oxygen atoms in total. The van der Waals surface area contributed by atoms with Crippen LogP contribution >= 0.6 is 0 Å². The van der Waals surface area contributed by atoms with E-state index in [-0.39, 0.29) is 0 Å². The number of ether oxygens (including phenoxy) is 1. The van der Waals surface area contributed by atoms with Crippen molar-refractivity contribution >= 4 is 11.6 Å². The number of aliphatic imine (C=N–C) groups is 1. The molecule has 24 heavy (non-hydrogen) atoms. The lowest BCUT2D eigenvalue weighted by Gasteiger charge is -2.23. The molecule has 0 aliphatic carbocycles. The van der Waals surface area contributed by atoms with Gasteiger partial charge in [-0.1, -0.05) is 42.5 Å². The van der Waals surface area contributed by atoms with E-state index in [0.29, 0.717) is 6.61 Å². The van der Waals surface area contributed by atoms with Gasteiger partial charge in [-0.15, -0.1) is 0 Å². The minimum atomic E-state index is 0.652. The van der Waals surface area contributed by atoms with Gasteiger partial charge in [0, 0.05) is 32.4 Å². The standard InChI is InChI=1S/C20H25N3O/c1-3-24-15-18-10-5-4-9-17(18)14-22-20(21-2)23-13-12-16-8-6-7-11-19(16)23/h4-11H,3,12-15H2,1-2H3,(H,21,22). The molecule has 0 radical (unpaired) electrons. The first kappa shape index (κ1) is 16.5. The van der Waals surface area contributed by atoms with E-state index in [1.54, 1.807) is 0 Å². The number of guanidine groups is 1. The van der Waals surface area contributed by atoms with Crippen molar-refractivity contribution in [3.05, 3.63) is 65.2 Å². The normalized spacial score (nSPS) is 13.9. The second kappa shape index (κ2) is 7.97. The Kier molecular flexibility index (Phi) is 5.49. The smallest absolute Gasteiger partial charge is 0.198 e. The van der Waals surface area contributed by atoms with Crippen LogP contribution in [0.15, 0.2) is 53.5 Å². The number of anilines is 1. The van der Waals surface area contributed by atoms with E-state index in [2.05, 4.69) is 63.7 Å². The summed E-state index contributed by atoms with van der Waals surface area (Å²) in [7, 11) is 1.84. The van der Waals surface area contributed by atoms with Gasteiger partial charge in [-0.2, -0.15) is 0 Å². The van der Waals surface area contributed by atoms with Gasteiger partial charge in [0.05, 0.1) is 6.61 Å². The third-order valence-corrected chi connectivity index (χ3v) is 4.37. The zero-order valence-corrected chi connectivity index (χ0v) is 14.5. The second-order valence-electron chi connectivity index (χ2n) is 5.84. The molecule has 0 unspecified atom stereocenters. The quantitative estimate of drug-likeness (QED) is 0.677. The van der Waals surface area contributed by atoms with E-state index in [9.17, 15) is 0 Å². The Bertz CT molecular complexity index is 712. The first-order valence-electron chi connectivity index (χ1n) is 8.54. The molecule has 0 aromatic heterocycles. The number of hydrogen-bond acceptors (Lipinski definition) is 2. The van der Waals surface area contributed by atoms with Crippen molar-refractivity contribution in [3.8, 4) is 0 Å². The fourth-order valence-corrected chi connectivity index (χ4v) is 3.11. The van der Waals surface area contributed by atoms with Crippen LogP contribution in [0.1, 0.15) is 23.6 Å². The highest BCUT2D eigenvalue weighted by molar-refractivity contribution is 5.97. The topological polar surface area (TPSA) is 36.9 Å². The molecule has 0 atom stereocenters. The molecule has 2 aromatic rings. The molecule has 1 N–H and O–H groups in total. The van der Waals surface area contributed by atoms with Crippen LogP contribution in [0.5, 0.6) is 0 Å². The van der Waals surface area contributed by atoms with Gasteiger partial charge in [-0.05, 0) is 36.1 Å². The van der Waals surface area contributed by atoms with E-state index >= 15 is 0 Å². The van der Waals surface area contributed by atoms with Crippen molar-refractivity contribution < 1.29 is 4.74 Å². The van der Waals surface area contributed by atoms with Crippen molar-refractivity contribution in [2.45, 2.75) is 26.5 Å². The van der Waals surface area contributed by atoms with Crippen LogP contribution in [-0.4, -0.2) is 26.2 Å². The number of hydrogen-bond donors (Lipinski definition) is 1. The largest absolute Gasteiger partial charge is 0.377 e. The Morgan fingerprint density at radius 1 is 1.12 bits per heavy atom. The van der Waals surface area contributed by atoms with Gasteiger partial charge in [0.2, 0.25) is 0 Å². The molecule has 126 valence electrons. The summed E-state index contributed by atoms with van der Waals surface area (Å²) in [5.74, 6) is 0.922. The van der Waals surface area contributed by atoms with Crippen molar-refractivity contribution in [1.29, 1.82) is 0 Å². The van der Waals surface area contributed by atoms with Gasteiger partial charge in [0.25, 0.3) is 0 Å². The van der Waals surface area contributed by atoms with Crippen LogP contribution in [0.3, 0.4) is 0 Å². The summed E-state index contributed by atoms with van der Waals surface area (Å²) < 4.78 is 5.57. The fourth-order valence-electron chi connectivity index (χ4n) is 3.11. The molecule has 1 heterocycles. The first-order valence-corrected chi connectivity index (χ1v) is 8.54. The molecule has 3 rings (SSSR count). The molecule has 0 spiro atoms. The summed E-state index contributed by atoms with van der Waals surface area (Å²) in [6.45, 7) is 5.12. The molecule has 4 heteroatoms. The van der Waals surface area contributed by atoms with Crippen molar-refractivity contribution in [1.82, 2.24) is 5.32 Å². The molecule has 0 saturated heterocycles. The minimum absolute atomic E-state index is 0.652. The molecule has 0 saturated carbocycles. The SMILES string of the molecule is CCOCc1ccccc1CNC(=NC)N1CCc2ccccc21. The number of rotatable bonds is 5. The lowest BCUT2D eigenvalue weighted by Crippen LogP contribution is -2.40. The molecule has 1 aliphatic rings. The van der Waals surface area contributed by atoms with Crippen LogP contribution < -0.4 is 10.2 Å². The fraction of sp³-hybridized carbons (Fsp3) is 0.350. The first-order chi connectivity index (χ1) is 11.8. The highest BCUT2D eigenvalue weighted by Gasteiger charge is 2.22. The highest BCUT2D eigenvalue weighted by atomic mass is 16.5. The van der Waals surface area contributed by atoms with Crippen LogP contribution in [0.2, 0.25) is 0 Å². The average Bonchev–Trinajstić information content (AvgIpc) is 3.05. The Morgan fingerprint density at radius 2 is 1.88 bits per heavy atom. The second-order valence-corrected chi connectivity index (χ2v) is 5.84. The maximum atomic E-state index is 5.57. The molecular weight excluding hydrogens is 298 g/mol. The summed E-state index contributed by atoms with van der Waals surface area (Å²) in [5, 5.41) is 3.51.